The molecule has 0 bridgehead atoms. The molecule has 2 aliphatic rings. The van der Waals surface area contributed by atoms with E-state index in [9.17, 15) is 9.59 Å². The first-order valence-corrected chi connectivity index (χ1v) is 15.5. The van der Waals surface area contributed by atoms with Crippen molar-refractivity contribution in [1.82, 2.24) is 4.40 Å². The van der Waals surface area contributed by atoms with Crippen LogP contribution < -0.4 is 0 Å². The normalized spacial score (nSPS) is 18.3. The van der Waals surface area contributed by atoms with Gasteiger partial charge in [-0.15, -0.1) is 22.7 Å². The zero-order chi connectivity index (χ0) is 25.9. The van der Waals surface area contributed by atoms with E-state index in [4.69, 9.17) is 0 Å². The van der Waals surface area contributed by atoms with Crippen LogP contribution in [0.2, 0.25) is 0 Å². The number of aromatic nitrogens is 1. The van der Waals surface area contributed by atoms with Gasteiger partial charge in [0.05, 0.1) is 21.3 Å². The van der Waals surface area contributed by atoms with Crippen molar-refractivity contribution < 1.29 is 9.59 Å². The zero-order valence-corrected chi connectivity index (χ0v) is 23.0. The van der Waals surface area contributed by atoms with E-state index in [2.05, 4.69) is 65.1 Å². The molecule has 5 heteroatoms. The lowest BCUT2D eigenvalue weighted by molar-refractivity contribution is -0.129. The van der Waals surface area contributed by atoms with Crippen LogP contribution >= 0.6 is 22.7 Å². The van der Waals surface area contributed by atoms with Gasteiger partial charge in [0.2, 0.25) is 0 Å². The molecule has 4 aromatic heterocycles. The highest BCUT2D eigenvalue weighted by molar-refractivity contribution is 7.33. The molecular formula is C34H25NO2S2. The quantitative estimate of drug-likeness (QED) is 0.153. The van der Waals surface area contributed by atoms with Crippen LogP contribution in [0.5, 0.6) is 0 Å². The summed E-state index contributed by atoms with van der Waals surface area (Å²) in [6.45, 7) is 0. The number of para-hydroxylation sites is 1. The van der Waals surface area contributed by atoms with E-state index in [0.717, 1.165) is 30.6 Å². The number of benzene rings is 3. The van der Waals surface area contributed by atoms with Gasteiger partial charge in [-0.2, -0.15) is 0 Å². The number of fused-ring (bicyclic) bond motifs is 8. The second-order valence-corrected chi connectivity index (χ2v) is 13.8. The monoisotopic (exact) mass is 543 g/mol. The van der Waals surface area contributed by atoms with E-state index in [-0.39, 0.29) is 17.0 Å². The molecule has 190 valence electrons. The standard InChI is InChI=1S/C34H25NO2S2/c36-26-17-34(13-4-1-5-14-34)18-27(37)24(26)15-20-16-28-32(38-20)30-23-9-6-7-19-11-12-22-21-8-2-3-10-25(21)35(33(30)39-28)31(22)29(19)23/h2-3,6-12,15-16H,1,4-5,13-14,17-18H2. The first kappa shape index (κ1) is 22.3. The Labute approximate surface area is 232 Å². The number of rotatable bonds is 1. The topological polar surface area (TPSA) is 38.5 Å². The summed E-state index contributed by atoms with van der Waals surface area (Å²) in [5.74, 6) is 0.0960. The van der Waals surface area contributed by atoms with E-state index in [1.54, 1.807) is 11.3 Å². The number of pyridine rings is 1. The van der Waals surface area contributed by atoms with Gasteiger partial charge in [0.15, 0.2) is 11.6 Å². The fraction of sp³-hybridized carbons (Fsp3) is 0.235. The molecule has 0 amide bonds. The largest absolute Gasteiger partial charge is 0.299 e. The minimum Gasteiger partial charge on any atom is -0.299 e. The molecule has 39 heavy (non-hydrogen) atoms. The molecule has 3 aromatic carbocycles. The molecule has 0 unspecified atom stereocenters. The third-order valence-electron chi connectivity index (χ3n) is 9.39. The lowest BCUT2D eigenvalue weighted by atomic mass is 9.63. The number of thiophene rings is 2. The molecule has 7 aromatic rings. The van der Waals surface area contributed by atoms with E-state index >= 15 is 0 Å². The van der Waals surface area contributed by atoms with Crippen LogP contribution in [0.1, 0.15) is 49.8 Å². The van der Waals surface area contributed by atoms with Crippen LogP contribution in [0.4, 0.5) is 0 Å². The molecule has 4 heterocycles. The van der Waals surface area contributed by atoms with Gasteiger partial charge in [0.1, 0.15) is 4.83 Å². The highest BCUT2D eigenvalue weighted by atomic mass is 32.1. The number of ketones is 2. The molecule has 0 N–H and O–H groups in total. The van der Waals surface area contributed by atoms with Crippen LogP contribution in [0.3, 0.4) is 0 Å². The Morgan fingerprint density at radius 1 is 0.769 bits per heavy atom. The number of allylic oxidation sites excluding steroid dienone is 1. The average Bonchev–Trinajstić information content (AvgIpc) is 3.60. The summed E-state index contributed by atoms with van der Waals surface area (Å²) in [5.41, 5.74) is 2.87. The lowest BCUT2D eigenvalue weighted by Gasteiger charge is -2.39. The van der Waals surface area contributed by atoms with Crippen molar-refractivity contribution in [2.75, 3.05) is 0 Å². The first-order valence-electron chi connectivity index (χ1n) is 13.9. The lowest BCUT2D eigenvalue weighted by Crippen LogP contribution is -2.37. The summed E-state index contributed by atoms with van der Waals surface area (Å²) < 4.78 is 4.92. The minimum atomic E-state index is -0.0738. The number of hydrogen-bond donors (Lipinski definition) is 0. The molecule has 1 spiro atoms. The Morgan fingerprint density at radius 2 is 1.56 bits per heavy atom. The fourth-order valence-corrected chi connectivity index (χ4v) is 10.3. The van der Waals surface area contributed by atoms with Crippen LogP contribution in [-0.4, -0.2) is 16.0 Å². The van der Waals surface area contributed by atoms with Crippen molar-refractivity contribution in [3.05, 3.63) is 71.1 Å². The van der Waals surface area contributed by atoms with Crippen LogP contribution in [0.25, 0.3) is 63.7 Å². The van der Waals surface area contributed by atoms with Gasteiger partial charge < -0.3 is 0 Å². The Bertz CT molecular complexity index is 2180. The van der Waals surface area contributed by atoms with Gasteiger partial charge in [-0.25, -0.2) is 0 Å². The van der Waals surface area contributed by atoms with Gasteiger partial charge in [0.25, 0.3) is 0 Å². The van der Waals surface area contributed by atoms with E-state index < -0.39 is 0 Å². The molecule has 3 nitrogen and oxygen atoms in total. The molecule has 0 saturated heterocycles. The second-order valence-electron chi connectivity index (χ2n) is 11.7. The maximum atomic E-state index is 13.2. The summed E-state index contributed by atoms with van der Waals surface area (Å²) in [6.07, 6.45) is 8.52. The smallest absolute Gasteiger partial charge is 0.167 e. The van der Waals surface area contributed by atoms with Crippen molar-refractivity contribution in [1.29, 1.82) is 0 Å². The van der Waals surface area contributed by atoms with Crippen LogP contribution in [-0.2, 0) is 9.59 Å². The maximum absolute atomic E-state index is 13.2. The van der Waals surface area contributed by atoms with Crippen molar-refractivity contribution in [2.45, 2.75) is 44.9 Å². The van der Waals surface area contributed by atoms with Crippen LogP contribution in [0.15, 0.2) is 66.2 Å². The summed E-state index contributed by atoms with van der Waals surface area (Å²) in [4.78, 5) is 28.8. The SMILES string of the molecule is O=C1CC2(CCCCC2)CC(=O)C1=Cc1cc2sc3c(c4cccc5ccc6c7ccccc7n3c6c54)c2s1. The fourth-order valence-electron chi connectivity index (χ4n) is 7.65. The van der Waals surface area contributed by atoms with E-state index in [1.165, 1.54) is 64.0 Å². The molecule has 0 aliphatic heterocycles. The van der Waals surface area contributed by atoms with Gasteiger partial charge >= 0.3 is 0 Å². The summed E-state index contributed by atoms with van der Waals surface area (Å²) in [6, 6.07) is 22.0. The summed E-state index contributed by atoms with van der Waals surface area (Å²) in [5, 5.41) is 7.69. The van der Waals surface area contributed by atoms with Crippen molar-refractivity contribution in [3.63, 3.8) is 0 Å². The third-order valence-corrected chi connectivity index (χ3v) is 11.7. The minimum absolute atomic E-state index is 0.0480. The Balaban J connectivity index is 1.27. The number of carbonyl (C=O) groups is 2. The number of hydrogen-bond acceptors (Lipinski definition) is 4. The third kappa shape index (κ3) is 2.98. The van der Waals surface area contributed by atoms with Crippen molar-refractivity contribution in [2.24, 2.45) is 5.41 Å². The maximum Gasteiger partial charge on any atom is 0.167 e. The van der Waals surface area contributed by atoms with Gasteiger partial charge in [-0.3, -0.25) is 14.0 Å². The van der Waals surface area contributed by atoms with Gasteiger partial charge in [0, 0.05) is 44.0 Å². The predicted molar refractivity (Wildman–Crippen MR) is 165 cm³/mol. The summed E-state index contributed by atoms with van der Waals surface area (Å²) >= 11 is 3.53. The first-order chi connectivity index (χ1) is 19.1. The second kappa shape index (κ2) is 7.77. The van der Waals surface area contributed by atoms with Crippen LogP contribution in [0, 0.1) is 5.41 Å². The molecule has 2 aliphatic carbocycles. The van der Waals surface area contributed by atoms with Crippen molar-refractivity contribution >= 4 is 97.9 Å². The molecule has 9 rings (SSSR count). The molecular weight excluding hydrogens is 519 g/mol. The van der Waals surface area contributed by atoms with E-state index in [1.807, 2.05) is 17.4 Å². The predicted octanol–water partition coefficient (Wildman–Crippen LogP) is 9.53. The number of carbonyl (C=O) groups excluding carboxylic acids is 2. The Kier molecular flexibility index (Phi) is 4.44. The highest BCUT2D eigenvalue weighted by Gasteiger charge is 2.42. The number of Topliss-reactive ketones (excluding diaryl/α,β-unsaturated/α-hetero) is 2. The molecule has 0 atom stereocenters. The molecule has 2 fully saturated rings. The van der Waals surface area contributed by atoms with Gasteiger partial charge in [-0.1, -0.05) is 67.8 Å². The Hall–Kier alpha value is -3.54. The molecule has 2 saturated carbocycles. The Morgan fingerprint density at radius 3 is 2.41 bits per heavy atom. The average molecular weight is 544 g/mol. The number of nitrogens with zero attached hydrogens (tertiary/aromatic N) is 1. The zero-order valence-electron chi connectivity index (χ0n) is 21.4. The van der Waals surface area contributed by atoms with E-state index in [0.29, 0.717) is 18.4 Å². The summed E-state index contributed by atoms with van der Waals surface area (Å²) in [7, 11) is 0. The molecule has 0 radical (unpaired) electrons. The van der Waals surface area contributed by atoms with Gasteiger partial charge in [-0.05, 0) is 47.2 Å². The van der Waals surface area contributed by atoms with Crippen molar-refractivity contribution in [3.8, 4) is 0 Å². The highest BCUT2D eigenvalue weighted by Crippen LogP contribution is 2.49.